The van der Waals surface area contributed by atoms with Crippen molar-refractivity contribution in [2.45, 2.75) is 110 Å². The number of H-pyrrole nitrogens is 1. The lowest BCUT2D eigenvalue weighted by Gasteiger charge is -2.39. The molecular formula is C27H38N6O. The fourth-order valence-corrected chi connectivity index (χ4v) is 6.35. The smallest absolute Gasteiger partial charge is 0.252 e. The number of benzene rings is 1. The predicted molar refractivity (Wildman–Crippen MR) is 135 cm³/mol. The average Bonchev–Trinajstić information content (AvgIpc) is 3.52. The van der Waals surface area contributed by atoms with E-state index in [-0.39, 0.29) is 11.6 Å². The number of fused-ring (bicyclic) bond motifs is 1. The van der Waals surface area contributed by atoms with E-state index < -0.39 is 0 Å². The van der Waals surface area contributed by atoms with Crippen LogP contribution in [-0.4, -0.2) is 36.1 Å². The molecule has 1 N–H and O–H groups in total. The molecule has 7 heteroatoms. The fourth-order valence-electron chi connectivity index (χ4n) is 6.35. The van der Waals surface area contributed by atoms with E-state index in [2.05, 4.69) is 69.1 Å². The van der Waals surface area contributed by atoms with Crippen LogP contribution in [0.4, 0.5) is 0 Å². The molecule has 2 aliphatic carbocycles. The number of nitrogens with one attached hydrogen (secondary N) is 1. The third kappa shape index (κ3) is 4.54. The lowest BCUT2D eigenvalue weighted by atomic mass is 9.92. The van der Waals surface area contributed by atoms with Gasteiger partial charge in [0.05, 0.1) is 17.6 Å². The second kappa shape index (κ2) is 9.98. The number of pyridine rings is 1. The van der Waals surface area contributed by atoms with E-state index >= 15 is 0 Å². The quantitative estimate of drug-likeness (QED) is 0.499. The van der Waals surface area contributed by atoms with Crippen molar-refractivity contribution in [3.63, 3.8) is 0 Å². The van der Waals surface area contributed by atoms with Gasteiger partial charge in [-0.1, -0.05) is 50.7 Å². The van der Waals surface area contributed by atoms with Crippen LogP contribution < -0.4 is 5.56 Å². The van der Waals surface area contributed by atoms with Crippen LogP contribution >= 0.6 is 0 Å². The van der Waals surface area contributed by atoms with Gasteiger partial charge in [-0.05, 0) is 79.5 Å². The number of tetrazole rings is 1. The summed E-state index contributed by atoms with van der Waals surface area (Å²) in [6.07, 6.45) is 11.9. The number of hydrogen-bond donors (Lipinski definition) is 1. The van der Waals surface area contributed by atoms with Crippen LogP contribution in [0.5, 0.6) is 0 Å². The summed E-state index contributed by atoms with van der Waals surface area (Å²) in [7, 11) is 0. The summed E-state index contributed by atoms with van der Waals surface area (Å²) in [4.78, 5) is 19.0. The van der Waals surface area contributed by atoms with Crippen molar-refractivity contribution in [2.24, 2.45) is 0 Å². The number of hydrogen-bond acceptors (Lipinski definition) is 5. The second-order valence-corrected chi connectivity index (χ2v) is 10.5. The third-order valence-corrected chi connectivity index (χ3v) is 8.04. The highest BCUT2D eigenvalue weighted by atomic mass is 16.1. The summed E-state index contributed by atoms with van der Waals surface area (Å²) in [5.74, 6) is 0.976. The lowest BCUT2D eigenvalue weighted by Crippen LogP contribution is -2.41. The van der Waals surface area contributed by atoms with E-state index in [9.17, 15) is 4.79 Å². The summed E-state index contributed by atoms with van der Waals surface area (Å²) in [6, 6.07) is 7.36. The van der Waals surface area contributed by atoms with Gasteiger partial charge in [0.25, 0.3) is 5.56 Å². The van der Waals surface area contributed by atoms with E-state index in [1.165, 1.54) is 50.5 Å². The number of aromatic nitrogens is 5. The number of aromatic amines is 1. The molecule has 34 heavy (non-hydrogen) atoms. The Bertz CT molecular complexity index is 1190. The molecule has 3 aromatic rings. The highest BCUT2D eigenvalue weighted by Crippen LogP contribution is 2.36. The molecule has 5 rings (SSSR count). The van der Waals surface area contributed by atoms with E-state index in [4.69, 9.17) is 0 Å². The Kier molecular flexibility index (Phi) is 6.82. The molecule has 2 heterocycles. The molecule has 1 aromatic carbocycles. The Labute approximate surface area is 201 Å². The minimum atomic E-state index is 0.0190. The van der Waals surface area contributed by atoms with Crippen LogP contribution in [0, 0.1) is 13.8 Å². The molecule has 2 fully saturated rings. The van der Waals surface area contributed by atoms with Gasteiger partial charge in [0.15, 0.2) is 5.82 Å². The van der Waals surface area contributed by atoms with Crippen molar-refractivity contribution < 1.29 is 0 Å². The zero-order valence-electron chi connectivity index (χ0n) is 20.9. The van der Waals surface area contributed by atoms with Crippen LogP contribution in [0.1, 0.15) is 106 Å². The molecule has 0 spiro atoms. The first-order chi connectivity index (χ1) is 16.5. The molecular weight excluding hydrogens is 424 g/mol. The Morgan fingerprint density at radius 2 is 1.79 bits per heavy atom. The maximum Gasteiger partial charge on any atom is 0.252 e. The van der Waals surface area contributed by atoms with E-state index in [0.717, 1.165) is 47.1 Å². The van der Waals surface area contributed by atoms with Crippen molar-refractivity contribution in [3.8, 4) is 0 Å². The molecule has 0 unspecified atom stereocenters. The van der Waals surface area contributed by atoms with Gasteiger partial charge < -0.3 is 4.98 Å². The van der Waals surface area contributed by atoms with Gasteiger partial charge in [-0.2, -0.15) is 0 Å². The summed E-state index contributed by atoms with van der Waals surface area (Å²) in [5, 5.41) is 14.2. The van der Waals surface area contributed by atoms with Crippen LogP contribution in [-0.2, 0) is 6.54 Å². The van der Waals surface area contributed by atoms with Crippen molar-refractivity contribution >= 4 is 10.9 Å². The molecule has 182 valence electrons. The Hall–Kier alpha value is -2.54. The molecule has 2 aliphatic rings. The van der Waals surface area contributed by atoms with Crippen LogP contribution in [0.15, 0.2) is 23.0 Å². The first-order valence-electron chi connectivity index (χ1n) is 13.2. The molecule has 0 amide bonds. The molecule has 0 bridgehead atoms. The maximum absolute atomic E-state index is 13.2. The maximum atomic E-state index is 13.2. The van der Waals surface area contributed by atoms with Crippen molar-refractivity contribution in [1.82, 2.24) is 30.1 Å². The summed E-state index contributed by atoms with van der Waals surface area (Å²) >= 11 is 0. The zero-order chi connectivity index (χ0) is 23.7. The van der Waals surface area contributed by atoms with Gasteiger partial charge in [0, 0.05) is 18.2 Å². The summed E-state index contributed by atoms with van der Waals surface area (Å²) < 4.78 is 2.11. The molecule has 2 saturated carbocycles. The summed E-state index contributed by atoms with van der Waals surface area (Å²) in [5.41, 5.74) is 4.13. The van der Waals surface area contributed by atoms with Gasteiger partial charge in [-0.3, -0.25) is 9.69 Å². The first-order valence-corrected chi connectivity index (χ1v) is 13.2. The predicted octanol–water partition coefficient (Wildman–Crippen LogP) is 5.53. The van der Waals surface area contributed by atoms with Crippen LogP contribution in [0.2, 0.25) is 0 Å². The SMILES string of the molecule is CC[C@@H](c1nnnn1C1CCCC1)N(Cc1cc2cc(C)cc(C)c2[nH]c1=O)C1CCCCC1. The van der Waals surface area contributed by atoms with Gasteiger partial charge >= 0.3 is 0 Å². The molecule has 0 radical (unpaired) electrons. The Morgan fingerprint density at radius 1 is 1.06 bits per heavy atom. The topological polar surface area (TPSA) is 79.7 Å². The minimum Gasteiger partial charge on any atom is -0.321 e. The number of nitrogens with zero attached hydrogens (tertiary/aromatic N) is 5. The highest BCUT2D eigenvalue weighted by Gasteiger charge is 2.33. The number of rotatable bonds is 7. The summed E-state index contributed by atoms with van der Waals surface area (Å²) in [6.45, 7) is 7.03. The molecule has 7 nitrogen and oxygen atoms in total. The second-order valence-electron chi connectivity index (χ2n) is 10.5. The van der Waals surface area contributed by atoms with Gasteiger partial charge in [-0.15, -0.1) is 5.10 Å². The lowest BCUT2D eigenvalue weighted by molar-refractivity contribution is 0.0830. The average molecular weight is 463 g/mol. The Morgan fingerprint density at radius 3 is 2.53 bits per heavy atom. The van der Waals surface area contributed by atoms with E-state index in [0.29, 0.717) is 18.6 Å². The Balaban J connectivity index is 1.53. The largest absolute Gasteiger partial charge is 0.321 e. The monoisotopic (exact) mass is 462 g/mol. The number of aryl methyl sites for hydroxylation is 2. The molecule has 2 aromatic heterocycles. The highest BCUT2D eigenvalue weighted by molar-refractivity contribution is 5.82. The fraction of sp³-hybridized carbons (Fsp3) is 0.630. The third-order valence-electron chi connectivity index (χ3n) is 8.04. The van der Waals surface area contributed by atoms with Crippen LogP contribution in [0.25, 0.3) is 10.9 Å². The standard InChI is InChI=1S/C27H38N6O/c1-4-24(26-29-30-31-33(26)23-12-8-9-13-23)32(22-10-6-5-7-11-22)17-21-16-20-15-18(2)14-19(3)25(20)28-27(21)34/h14-16,22-24H,4-13,17H2,1-3H3,(H,28,34)/t24-/m0/s1. The van der Waals surface area contributed by atoms with E-state index in [1.807, 2.05) is 0 Å². The van der Waals surface area contributed by atoms with Gasteiger partial charge in [0.1, 0.15) is 0 Å². The molecule has 1 atom stereocenters. The van der Waals surface area contributed by atoms with Crippen molar-refractivity contribution in [1.29, 1.82) is 0 Å². The van der Waals surface area contributed by atoms with E-state index in [1.54, 1.807) is 0 Å². The minimum absolute atomic E-state index is 0.0190. The van der Waals surface area contributed by atoms with Crippen molar-refractivity contribution in [2.75, 3.05) is 0 Å². The van der Waals surface area contributed by atoms with Gasteiger partial charge in [-0.25, -0.2) is 4.68 Å². The zero-order valence-corrected chi connectivity index (χ0v) is 20.9. The molecule has 0 aliphatic heterocycles. The van der Waals surface area contributed by atoms with Gasteiger partial charge in [0.2, 0.25) is 0 Å². The van der Waals surface area contributed by atoms with Crippen molar-refractivity contribution in [3.05, 3.63) is 51.1 Å². The molecule has 0 saturated heterocycles. The normalized spacial score (nSPS) is 18.8. The first kappa shape index (κ1) is 23.2. The van der Waals surface area contributed by atoms with Crippen LogP contribution in [0.3, 0.4) is 0 Å².